The molecular formula is C17H27N. The van der Waals surface area contributed by atoms with E-state index >= 15 is 0 Å². The van der Waals surface area contributed by atoms with E-state index in [1.165, 1.54) is 49.9 Å². The fraction of sp³-hybridized carbons (Fsp3) is 0.647. The molecule has 0 bridgehead atoms. The van der Waals surface area contributed by atoms with Crippen LogP contribution in [0.4, 0.5) is 0 Å². The largest absolute Gasteiger partial charge is 0.299 e. The molecule has 0 spiro atoms. The number of benzene rings is 1. The maximum absolute atomic E-state index is 2.61. The molecule has 18 heavy (non-hydrogen) atoms. The molecule has 1 fully saturated rings. The van der Waals surface area contributed by atoms with E-state index in [2.05, 4.69) is 49.9 Å². The lowest BCUT2D eigenvalue weighted by molar-refractivity contribution is 0.277. The Bertz CT molecular complexity index is 350. The molecule has 0 unspecified atom stereocenters. The zero-order valence-electron chi connectivity index (χ0n) is 12.2. The average Bonchev–Trinajstić information content (AvgIpc) is 2.57. The van der Waals surface area contributed by atoms with E-state index in [-0.39, 0.29) is 5.41 Å². The van der Waals surface area contributed by atoms with E-state index in [9.17, 15) is 0 Å². The number of rotatable bonds is 2. The average molecular weight is 245 g/mol. The summed E-state index contributed by atoms with van der Waals surface area (Å²) in [5, 5.41) is 0. The van der Waals surface area contributed by atoms with Gasteiger partial charge in [0, 0.05) is 6.54 Å². The fourth-order valence-corrected chi connectivity index (χ4v) is 2.66. The van der Waals surface area contributed by atoms with Crippen LogP contribution >= 0.6 is 0 Å². The lowest BCUT2D eigenvalue weighted by Gasteiger charge is -2.22. The molecule has 1 aliphatic heterocycles. The fourth-order valence-electron chi connectivity index (χ4n) is 2.66. The Hall–Kier alpha value is -0.820. The van der Waals surface area contributed by atoms with Crippen LogP contribution in [-0.2, 0) is 12.0 Å². The van der Waals surface area contributed by atoms with Crippen LogP contribution in [0.25, 0.3) is 0 Å². The molecule has 100 valence electrons. The van der Waals surface area contributed by atoms with Gasteiger partial charge in [0.2, 0.25) is 0 Å². The smallest absolute Gasteiger partial charge is 0.0233 e. The van der Waals surface area contributed by atoms with Crippen LogP contribution in [0.5, 0.6) is 0 Å². The van der Waals surface area contributed by atoms with Crippen LogP contribution in [0, 0.1) is 0 Å². The third kappa shape index (κ3) is 3.84. The van der Waals surface area contributed by atoms with Crippen molar-refractivity contribution in [3.63, 3.8) is 0 Å². The second-order valence-corrected chi connectivity index (χ2v) is 6.64. The third-order valence-electron chi connectivity index (χ3n) is 3.92. The molecular weight excluding hydrogens is 218 g/mol. The zero-order valence-corrected chi connectivity index (χ0v) is 12.2. The van der Waals surface area contributed by atoms with Crippen LogP contribution in [0.2, 0.25) is 0 Å². The molecule has 0 radical (unpaired) electrons. The van der Waals surface area contributed by atoms with E-state index in [4.69, 9.17) is 0 Å². The topological polar surface area (TPSA) is 3.24 Å². The van der Waals surface area contributed by atoms with Gasteiger partial charge in [0.25, 0.3) is 0 Å². The van der Waals surface area contributed by atoms with Crippen LogP contribution in [-0.4, -0.2) is 18.0 Å². The monoisotopic (exact) mass is 245 g/mol. The highest BCUT2D eigenvalue weighted by molar-refractivity contribution is 5.27. The highest BCUT2D eigenvalue weighted by atomic mass is 15.1. The van der Waals surface area contributed by atoms with Crippen molar-refractivity contribution >= 4 is 0 Å². The van der Waals surface area contributed by atoms with Crippen molar-refractivity contribution in [2.24, 2.45) is 0 Å². The number of likely N-dealkylation sites (tertiary alicyclic amines) is 1. The second-order valence-electron chi connectivity index (χ2n) is 6.64. The molecule has 1 nitrogen and oxygen atoms in total. The SMILES string of the molecule is CC(C)(C)c1ccc(CN2CCCCCC2)cc1. The lowest BCUT2D eigenvalue weighted by Crippen LogP contribution is -2.24. The molecule has 0 N–H and O–H groups in total. The maximum atomic E-state index is 2.61. The van der Waals surface area contributed by atoms with Crippen molar-refractivity contribution in [3.8, 4) is 0 Å². The van der Waals surface area contributed by atoms with Crippen molar-refractivity contribution in [1.82, 2.24) is 4.90 Å². The Morgan fingerprint density at radius 1 is 0.889 bits per heavy atom. The predicted molar refractivity (Wildman–Crippen MR) is 78.9 cm³/mol. The van der Waals surface area contributed by atoms with Gasteiger partial charge in [-0.2, -0.15) is 0 Å². The molecule has 0 atom stereocenters. The van der Waals surface area contributed by atoms with Gasteiger partial charge in [0.15, 0.2) is 0 Å². The molecule has 1 saturated heterocycles. The quantitative estimate of drug-likeness (QED) is 0.748. The van der Waals surface area contributed by atoms with Crippen molar-refractivity contribution in [2.75, 3.05) is 13.1 Å². The number of hydrogen-bond acceptors (Lipinski definition) is 1. The van der Waals surface area contributed by atoms with Crippen molar-refractivity contribution in [1.29, 1.82) is 0 Å². The van der Waals surface area contributed by atoms with Crippen molar-refractivity contribution < 1.29 is 0 Å². The lowest BCUT2D eigenvalue weighted by atomic mass is 9.87. The summed E-state index contributed by atoms with van der Waals surface area (Å²) >= 11 is 0. The molecule has 1 aromatic carbocycles. The van der Waals surface area contributed by atoms with Gasteiger partial charge in [-0.1, -0.05) is 57.9 Å². The Labute approximate surface area is 112 Å². The number of hydrogen-bond donors (Lipinski definition) is 0. The standard InChI is InChI=1S/C17H27N/c1-17(2,3)16-10-8-15(9-11-16)14-18-12-6-4-5-7-13-18/h8-11H,4-7,12-14H2,1-3H3. The molecule has 2 rings (SSSR count). The third-order valence-corrected chi connectivity index (χ3v) is 3.92. The minimum atomic E-state index is 0.265. The summed E-state index contributed by atoms with van der Waals surface area (Å²) in [7, 11) is 0. The first-order valence-electron chi connectivity index (χ1n) is 7.37. The summed E-state index contributed by atoms with van der Waals surface area (Å²) in [4.78, 5) is 2.61. The van der Waals surface area contributed by atoms with Gasteiger partial charge < -0.3 is 0 Å². The van der Waals surface area contributed by atoms with Gasteiger partial charge in [-0.25, -0.2) is 0 Å². The van der Waals surface area contributed by atoms with E-state index in [1.807, 2.05) is 0 Å². The van der Waals surface area contributed by atoms with Gasteiger partial charge in [-0.05, 0) is 42.5 Å². The van der Waals surface area contributed by atoms with Gasteiger partial charge in [-0.3, -0.25) is 4.90 Å². The van der Waals surface area contributed by atoms with E-state index in [0.717, 1.165) is 6.54 Å². The van der Waals surface area contributed by atoms with Crippen molar-refractivity contribution in [2.45, 2.75) is 58.4 Å². The van der Waals surface area contributed by atoms with Gasteiger partial charge in [0.1, 0.15) is 0 Å². The Morgan fingerprint density at radius 3 is 1.94 bits per heavy atom. The van der Waals surface area contributed by atoms with Gasteiger partial charge in [-0.15, -0.1) is 0 Å². The normalized spacial score (nSPS) is 18.6. The summed E-state index contributed by atoms with van der Waals surface area (Å²) in [5.74, 6) is 0. The summed E-state index contributed by atoms with van der Waals surface area (Å²) in [6, 6.07) is 9.22. The number of nitrogens with zero attached hydrogens (tertiary/aromatic N) is 1. The molecule has 1 heterocycles. The van der Waals surface area contributed by atoms with Crippen LogP contribution in [0.15, 0.2) is 24.3 Å². The molecule has 1 aromatic rings. The van der Waals surface area contributed by atoms with E-state index in [0.29, 0.717) is 0 Å². The molecule has 0 aromatic heterocycles. The van der Waals surface area contributed by atoms with Crippen molar-refractivity contribution in [3.05, 3.63) is 35.4 Å². The van der Waals surface area contributed by atoms with E-state index < -0.39 is 0 Å². The molecule has 0 saturated carbocycles. The van der Waals surface area contributed by atoms with Gasteiger partial charge in [0.05, 0.1) is 0 Å². The minimum absolute atomic E-state index is 0.265. The first-order chi connectivity index (χ1) is 8.55. The highest BCUT2D eigenvalue weighted by Crippen LogP contribution is 2.22. The Kier molecular flexibility index (Phi) is 4.45. The predicted octanol–water partition coefficient (Wildman–Crippen LogP) is 4.36. The molecule has 0 aliphatic carbocycles. The highest BCUT2D eigenvalue weighted by Gasteiger charge is 2.14. The molecule has 1 heteroatoms. The Balaban J connectivity index is 1.97. The van der Waals surface area contributed by atoms with Crippen LogP contribution < -0.4 is 0 Å². The summed E-state index contributed by atoms with van der Waals surface area (Å²) < 4.78 is 0. The first-order valence-corrected chi connectivity index (χ1v) is 7.37. The zero-order chi connectivity index (χ0) is 13.0. The summed E-state index contributed by atoms with van der Waals surface area (Å²) in [5.41, 5.74) is 3.16. The first kappa shape index (κ1) is 13.6. The van der Waals surface area contributed by atoms with Gasteiger partial charge >= 0.3 is 0 Å². The molecule has 1 aliphatic rings. The minimum Gasteiger partial charge on any atom is -0.299 e. The second kappa shape index (κ2) is 5.88. The van der Waals surface area contributed by atoms with Crippen LogP contribution in [0.1, 0.15) is 57.6 Å². The molecule has 0 amide bonds. The maximum Gasteiger partial charge on any atom is 0.0233 e. The van der Waals surface area contributed by atoms with Crippen LogP contribution in [0.3, 0.4) is 0 Å². The summed E-state index contributed by atoms with van der Waals surface area (Å²) in [6.07, 6.45) is 5.58. The Morgan fingerprint density at radius 2 is 1.44 bits per heavy atom. The summed E-state index contributed by atoms with van der Waals surface area (Å²) in [6.45, 7) is 10.5. The van der Waals surface area contributed by atoms with E-state index in [1.54, 1.807) is 0 Å².